The highest BCUT2D eigenvalue weighted by Crippen LogP contribution is 2.41. The first-order valence-corrected chi connectivity index (χ1v) is 11.0. The summed E-state index contributed by atoms with van der Waals surface area (Å²) in [5, 5.41) is 10.5. The zero-order valence-electron chi connectivity index (χ0n) is 17.9. The number of aryl methyl sites for hydroxylation is 2. The van der Waals surface area contributed by atoms with Crippen LogP contribution >= 0.6 is 0 Å². The van der Waals surface area contributed by atoms with Crippen LogP contribution in [0.25, 0.3) is 10.9 Å². The Bertz CT molecular complexity index is 1110. The van der Waals surface area contributed by atoms with Crippen LogP contribution in [-0.2, 0) is 13.6 Å². The van der Waals surface area contributed by atoms with Gasteiger partial charge in [0, 0.05) is 55.2 Å². The summed E-state index contributed by atoms with van der Waals surface area (Å²) in [5.74, 6) is 0. The molecule has 0 unspecified atom stereocenters. The molecule has 0 aliphatic carbocycles. The van der Waals surface area contributed by atoms with Crippen LogP contribution in [0, 0.1) is 18.3 Å². The molecule has 2 saturated heterocycles. The number of aromatic nitrogens is 2. The summed E-state index contributed by atoms with van der Waals surface area (Å²) in [6, 6.07) is 15.1. The van der Waals surface area contributed by atoms with Gasteiger partial charge in [0.2, 0.25) is 0 Å². The molecule has 4 heterocycles. The van der Waals surface area contributed by atoms with Crippen molar-refractivity contribution >= 4 is 16.6 Å². The predicted molar refractivity (Wildman–Crippen MR) is 120 cm³/mol. The fourth-order valence-corrected chi connectivity index (χ4v) is 5.57. The number of anilines is 1. The third-order valence-electron chi connectivity index (χ3n) is 7.15. The second kappa shape index (κ2) is 7.45. The maximum absolute atomic E-state index is 9.27. The largest absolute Gasteiger partial charge is 0.371 e. The molecule has 0 atom stereocenters. The van der Waals surface area contributed by atoms with Crippen LogP contribution in [-0.4, -0.2) is 39.6 Å². The smallest absolute Gasteiger partial charge is 0.120 e. The number of pyridine rings is 1. The molecular formula is C25H29N5. The summed E-state index contributed by atoms with van der Waals surface area (Å²) in [6.45, 7) is 6.38. The van der Waals surface area contributed by atoms with E-state index in [-0.39, 0.29) is 0 Å². The van der Waals surface area contributed by atoms with Crippen molar-refractivity contribution in [1.29, 1.82) is 5.26 Å². The van der Waals surface area contributed by atoms with Gasteiger partial charge < -0.3 is 9.47 Å². The summed E-state index contributed by atoms with van der Waals surface area (Å²) in [6.07, 6.45) is 7.07. The Hall–Kier alpha value is -2.84. The van der Waals surface area contributed by atoms with Gasteiger partial charge in [-0.1, -0.05) is 18.2 Å². The number of fused-ring (bicyclic) bond motifs is 1. The predicted octanol–water partition coefficient (Wildman–Crippen LogP) is 4.39. The molecule has 2 aromatic heterocycles. The van der Waals surface area contributed by atoms with Gasteiger partial charge in [0.15, 0.2) is 0 Å². The normalized spacial score (nSPS) is 18.9. The van der Waals surface area contributed by atoms with E-state index in [1.54, 1.807) is 0 Å². The first-order valence-electron chi connectivity index (χ1n) is 11.0. The van der Waals surface area contributed by atoms with E-state index in [9.17, 15) is 5.26 Å². The molecule has 0 saturated carbocycles. The maximum atomic E-state index is 9.27. The second-order valence-electron chi connectivity index (χ2n) is 8.99. The van der Waals surface area contributed by atoms with Gasteiger partial charge in [-0.25, -0.2) is 0 Å². The van der Waals surface area contributed by atoms with Crippen LogP contribution in [0.4, 0.5) is 5.69 Å². The minimum atomic E-state index is 0.303. The third-order valence-corrected chi connectivity index (χ3v) is 7.15. The number of nitrogens with zero attached hydrogens (tertiary/aromatic N) is 5. The zero-order valence-corrected chi connectivity index (χ0v) is 17.9. The van der Waals surface area contributed by atoms with Crippen molar-refractivity contribution in [1.82, 2.24) is 14.5 Å². The minimum Gasteiger partial charge on any atom is -0.371 e. The molecule has 5 rings (SSSR count). The molecule has 3 aromatic rings. The lowest BCUT2D eigenvalue weighted by atomic mass is 9.84. The van der Waals surface area contributed by atoms with Gasteiger partial charge in [-0.05, 0) is 62.9 Å². The minimum absolute atomic E-state index is 0.303. The average molecular weight is 400 g/mol. The van der Waals surface area contributed by atoms with E-state index in [0.29, 0.717) is 5.54 Å². The molecule has 2 fully saturated rings. The van der Waals surface area contributed by atoms with Crippen molar-refractivity contribution in [2.75, 3.05) is 24.5 Å². The molecule has 5 nitrogen and oxygen atoms in total. The fraction of sp³-hybridized carbons (Fsp3) is 0.440. The van der Waals surface area contributed by atoms with Gasteiger partial charge in [-0.3, -0.25) is 9.88 Å². The molecule has 1 aromatic carbocycles. The first kappa shape index (κ1) is 19.1. The molecule has 0 N–H and O–H groups in total. The number of likely N-dealkylation sites (tertiary alicyclic amines) is 1. The van der Waals surface area contributed by atoms with E-state index in [0.717, 1.165) is 43.1 Å². The quantitative estimate of drug-likeness (QED) is 0.655. The molecule has 0 bridgehead atoms. The summed E-state index contributed by atoms with van der Waals surface area (Å²) in [7, 11) is 1.96. The Balaban J connectivity index is 1.35. The molecule has 154 valence electrons. The lowest BCUT2D eigenvalue weighted by Gasteiger charge is -2.46. The summed E-state index contributed by atoms with van der Waals surface area (Å²) in [5.41, 5.74) is 5.81. The lowest BCUT2D eigenvalue weighted by Crippen LogP contribution is -2.51. The van der Waals surface area contributed by atoms with E-state index in [4.69, 9.17) is 4.98 Å². The monoisotopic (exact) mass is 399 g/mol. The van der Waals surface area contributed by atoms with E-state index in [1.807, 2.05) is 17.7 Å². The summed E-state index contributed by atoms with van der Waals surface area (Å²) in [4.78, 5) is 9.97. The molecule has 2 aliphatic rings. The molecule has 2 aliphatic heterocycles. The highest BCUT2D eigenvalue weighted by molar-refractivity contribution is 5.92. The van der Waals surface area contributed by atoms with Gasteiger partial charge in [0.05, 0.1) is 5.52 Å². The van der Waals surface area contributed by atoms with Gasteiger partial charge in [0.25, 0.3) is 0 Å². The molecular weight excluding hydrogens is 370 g/mol. The van der Waals surface area contributed by atoms with Crippen LogP contribution in [0.5, 0.6) is 0 Å². The highest BCUT2D eigenvalue weighted by Gasteiger charge is 2.43. The van der Waals surface area contributed by atoms with Crippen LogP contribution in [0.3, 0.4) is 0 Å². The standard InChI is InChI=1S/C25H29N5/c1-19-14-24(22-6-3-4-7-23(22)27-19)29-12-9-25(10-13-29)8-5-11-30(25)18-20-15-21(16-26)28(2)17-20/h3-4,6-7,14-15,17H,5,8-13,18H2,1-2H3. The summed E-state index contributed by atoms with van der Waals surface area (Å²) >= 11 is 0. The lowest BCUT2D eigenvalue weighted by molar-refractivity contribution is 0.0999. The average Bonchev–Trinajstić information content (AvgIpc) is 3.31. The molecule has 0 amide bonds. The second-order valence-corrected chi connectivity index (χ2v) is 8.99. The number of hydrogen-bond acceptors (Lipinski definition) is 4. The van der Waals surface area contributed by atoms with Gasteiger partial charge in [-0.2, -0.15) is 5.26 Å². The van der Waals surface area contributed by atoms with Crippen LogP contribution in [0.1, 0.15) is 42.6 Å². The Morgan fingerprint density at radius 1 is 1.10 bits per heavy atom. The van der Waals surface area contributed by atoms with Gasteiger partial charge in [0.1, 0.15) is 11.8 Å². The van der Waals surface area contributed by atoms with Crippen molar-refractivity contribution in [3.63, 3.8) is 0 Å². The topological polar surface area (TPSA) is 48.1 Å². The number of nitriles is 1. The molecule has 0 radical (unpaired) electrons. The Labute approximate surface area is 178 Å². The number of para-hydroxylation sites is 1. The Morgan fingerprint density at radius 3 is 2.67 bits per heavy atom. The molecule has 5 heteroatoms. The Morgan fingerprint density at radius 2 is 1.90 bits per heavy atom. The molecule has 30 heavy (non-hydrogen) atoms. The number of hydrogen-bond donors (Lipinski definition) is 0. The van der Waals surface area contributed by atoms with Crippen molar-refractivity contribution < 1.29 is 0 Å². The maximum Gasteiger partial charge on any atom is 0.120 e. The van der Waals surface area contributed by atoms with E-state index >= 15 is 0 Å². The van der Waals surface area contributed by atoms with Crippen molar-refractivity contribution in [2.24, 2.45) is 7.05 Å². The third kappa shape index (κ3) is 3.26. The first-order chi connectivity index (χ1) is 14.6. The number of piperidine rings is 1. The van der Waals surface area contributed by atoms with Crippen molar-refractivity contribution in [3.8, 4) is 6.07 Å². The van der Waals surface area contributed by atoms with E-state index in [1.165, 1.54) is 42.3 Å². The van der Waals surface area contributed by atoms with Crippen LogP contribution < -0.4 is 4.90 Å². The highest BCUT2D eigenvalue weighted by atomic mass is 15.3. The van der Waals surface area contributed by atoms with E-state index in [2.05, 4.69) is 59.3 Å². The SMILES string of the molecule is Cc1cc(N2CCC3(CCCN3Cc3cc(C#N)n(C)c3)CC2)c2ccccc2n1. The zero-order chi connectivity index (χ0) is 20.7. The fourth-order valence-electron chi connectivity index (χ4n) is 5.57. The molecule has 1 spiro atoms. The van der Waals surface area contributed by atoms with Gasteiger partial charge in [-0.15, -0.1) is 0 Å². The van der Waals surface area contributed by atoms with Crippen LogP contribution in [0.15, 0.2) is 42.6 Å². The van der Waals surface area contributed by atoms with E-state index < -0.39 is 0 Å². The van der Waals surface area contributed by atoms with Gasteiger partial charge >= 0.3 is 0 Å². The van der Waals surface area contributed by atoms with Crippen molar-refractivity contribution in [3.05, 3.63) is 59.5 Å². The number of benzene rings is 1. The summed E-state index contributed by atoms with van der Waals surface area (Å²) < 4.78 is 1.94. The van der Waals surface area contributed by atoms with Crippen molar-refractivity contribution in [2.45, 2.75) is 44.7 Å². The Kier molecular flexibility index (Phi) is 4.75. The number of rotatable bonds is 3. The van der Waals surface area contributed by atoms with Crippen LogP contribution in [0.2, 0.25) is 0 Å².